The molecule has 2 unspecified atom stereocenters. The molecule has 6 nitrogen and oxygen atoms in total. The minimum atomic E-state index is -3.75. The molecule has 0 aromatic carbocycles. The Labute approximate surface area is 103 Å². The van der Waals surface area contributed by atoms with Crippen molar-refractivity contribution in [3.05, 3.63) is 12.3 Å². The second-order valence-corrected chi connectivity index (χ2v) is 6.30. The standard InChI is InChI=1S/C9H19O6PS/c1-5-7-13-8(3)9(15-17(4,11)12)16(10)14-6-2/h9,16H,3,5-7H2,1-2,4H3. The van der Waals surface area contributed by atoms with Crippen LogP contribution in [0.1, 0.15) is 20.3 Å². The number of hydrogen-bond acceptors (Lipinski definition) is 6. The number of hydrogen-bond donors (Lipinski definition) is 0. The highest BCUT2D eigenvalue weighted by molar-refractivity contribution is 7.86. The van der Waals surface area contributed by atoms with Crippen molar-refractivity contribution in [3.63, 3.8) is 0 Å². The molecule has 0 saturated heterocycles. The SMILES string of the molecule is C=C(OCCC)C(OS(C)(=O)=O)[PH](=O)OCC. The van der Waals surface area contributed by atoms with Crippen molar-refractivity contribution in [2.24, 2.45) is 0 Å². The summed E-state index contributed by atoms with van der Waals surface area (Å²) in [6, 6.07) is 0. The second-order valence-electron chi connectivity index (χ2n) is 3.25. The van der Waals surface area contributed by atoms with Crippen molar-refractivity contribution in [2.75, 3.05) is 19.5 Å². The van der Waals surface area contributed by atoms with Gasteiger partial charge in [0.05, 0.1) is 19.5 Å². The van der Waals surface area contributed by atoms with Crippen molar-refractivity contribution in [1.29, 1.82) is 0 Å². The summed E-state index contributed by atoms with van der Waals surface area (Å²) in [5, 5.41) is 0. The fourth-order valence-corrected chi connectivity index (χ4v) is 3.00. The lowest BCUT2D eigenvalue weighted by atomic mass is 10.5. The molecule has 17 heavy (non-hydrogen) atoms. The molecule has 0 saturated carbocycles. The molecular weight excluding hydrogens is 267 g/mol. The van der Waals surface area contributed by atoms with Crippen LogP contribution in [0.4, 0.5) is 0 Å². The molecule has 0 amide bonds. The van der Waals surface area contributed by atoms with Gasteiger partial charge in [-0.1, -0.05) is 13.5 Å². The van der Waals surface area contributed by atoms with E-state index in [1.54, 1.807) is 6.92 Å². The summed E-state index contributed by atoms with van der Waals surface area (Å²) in [5.41, 5.74) is 0. The average Bonchev–Trinajstić information content (AvgIpc) is 2.21. The van der Waals surface area contributed by atoms with Gasteiger partial charge < -0.3 is 9.26 Å². The Morgan fingerprint density at radius 3 is 2.41 bits per heavy atom. The maximum atomic E-state index is 11.7. The van der Waals surface area contributed by atoms with E-state index in [2.05, 4.69) is 10.8 Å². The number of ether oxygens (including phenoxy) is 1. The third-order valence-electron chi connectivity index (χ3n) is 1.56. The molecule has 0 radical (unpaired) electrons. The van der Waals surface area contributed by atoms with Gasteiger partial charge in [0, 0.05) is 0 Å². The molecule has 0 aliphatic heterocycles. The molecule has 0 aromatic rings. The highest BCUT2D eigenvalue weighted by Gasteiger charge is 2.27. The fourth-order valence-electron chi connectivity index (χ4n) is 0.926. The van der Waals surface area contributed by atoms with Crippen LogP contribution in [0, 0.1) is 0 Å². The Bertz CT molecular complexity index is 364. The normalized spacial score (nSPS) is 15.2. The zero-order chi connectivity index (χ0) is 13.5. The van der Waals surface area contributed by atoms with Crippen molar-refractivity contribution < 1.29 is 26.4 Å². The monoisotopic (exact) mass is 286 g/mol. The first-order valence-corrected chi connectivity index (χ1v) is 8.39. The fraction of sp³-hybridized carbons (Fsp3) is 0.778. The van der Waals surface area contributed by atoms with Crippen molar-refractivity contribution >= 4 is 18.1 Å². The van der Waals surface area contributed by atoms with E-state index in [0.29, 0.717) is 6.61 Å². The summed E-state index contributed by atoms with van der Waals surface area (Å²) >= 11 is 0. The maximum absolute atomic E-state index is 11.7. The first kappa shape index (κ1) is 16.6. The van der Waals surface area contributed by atoms with Crippen LogP contribution in [0.5, 0.6) is 0 Å². The third kappa shape index (κ3) is 7.54. The van der Waals surface area contributed by atoms with Gasteiger partial charge in [-0.05, 0) is 13.3 Å². The smallest absolute Gasteiger partial charge is 0.265 e. The molecule has 0 heterocycles. The van der Waals surface area contributed by atoms with E-state index in [-0.39, 0.29) is 12.4 Å². The van der Waals surface area contributed by atoms with E-state index < -0.39 is 24.0 Å². The van der Waals surface area contributed by atoms with Gasteiger partial charge in [0.15, 0.2) is 0 Å². The van der Waals surface area contributed by atoms with E-state index in [0.717, 1.165) is 12.7 Å². The maximum Gasteiger partial charge on any atom is 0.265 e. The Kier molecular flexibility index (Phi) is 7.70. The molecule has 0 spiro atoms. The van der Waals surface area contributed by atoms with Crippen LogP contribution in [-0.2, 0) is 28.1 Å². The van der Waals surface area contributed by atoms with Crippen LogP contribution in [-0.4, -0.2) is 33.7 Å². The molecule has 0 N–H and O–H groups in total. The summed E-state index contributed by atoms with van der Waals surface area (Å²) in [6.07, 6.45) is 1.59. The zero-order valence-corrected chi connectivity index (χ0v) is 12.1. The Morgan fingerprint density at radius 2 is 2.00 bits per heavy atom. The lowest BCUT2D eigenvalue weighted by molar-refractivity contribution is 0.149. The lowest BCUT2D eigenvalue weighted by Gasteiger charge is -2.18. The molecule has 0 aliphatic carbocycles. The van der Waals surface area contributed by atoms with E-state index >= 15 is 0 Å². The third-order valence-corrected chi connectivity index (χ3v) is 3.71. The van der Waals surface area contributed by atoms with E-state index in [4.69, 9.17) is 9.26 Å². The summed E-state index contributed by atoms with van der Waals surface area (Å²) in [6.45, 7) is 7.59. The van der Waals surface area contributed by atoms with Crippen molar-refractivity contribution in [1.82, 2.24) is 0 Å². The molecule has 0 rings (SSSR count). The summed E-state index contributed by atoms with van der Waals surface area (Å²) in [7, 11) is -6.47. The van der Waals surface area contributed by atoms with Gasteiger partial charge >= 0.3 is 0 Å². The van der Waals surface area contributed by atoms with Crippen LogP contribution in [0.3, 0.4) is 0 Å². The Balaban J connectivity index is 4.72. The Morgan fingerprint density at radius 1 is 1.41 bits per heavy atom. The molecule has 0 aromatic heterocycles. The molecule has 102 valence electrons. The molecular formula is C9H19O6PS. The predicted molar refractivity (Wildman–Crippen MR) is 65.7 cm³/mol. The van der Waals surface area contributed by atoms with Crippen molar-refractivity contribution in [3.8, 4) is 0 Å². The van der Waals surface area contributed by atoms with E-state index in [9.17, 15) is 13.0 Å². The van der Waals surface area contributed by atoms with Crippen molar-refractivity contribution in [2.45, 2.75) is 26.1 Å². The molecule has 0 aliphatic rings. The first-order valence-electron chi connectivity index (χ1n) is 5.18. The van der Waals surface area contributed by atoms with Crippen LogP contribution < -0.4 is 0 Å². The summed E-state index contributed by atoms with van der Waals surface area (Å²) < 4.78 is 48.4. The quantitative estimate of drug-likeness (QED) is 0.365. The van der Waals surface area contributed by atoms with Gasteiger partial charge in [-0.3, -0.25) is 4.57 Å². The van der Waals surface area contributed by atoms with Gasteiger partial charge in [-0.2, -0.15) is 8.42 Å². The molecule has 0 fully saturated rings. The second kappa shape index (κ2) is 7.87. The Hall–Kier alpha value is -0.360. The average molecular weight is 286 g/mol. The van der Waals surface area contributed by atoms with Gasteiger partial charge in [-0.25, -0.2) is 4.18 Å². The van der Waals surface area contributed by atoms with Gasteiger partial charge in [0.2, 0.25) is 13.9 Å². The molecule has 0 bridgehead atoms. The molecule has 8 heteroatoms. The van der Waals surface area contributed by atoms with E-state index in [1.807, 2.05) is 6.92 Å². The highest BCUT2D eigenvalue weighted by atomic mass is 32.2. The van der Waals surface area contributed by atoms with Crippen LogP contribution in [0.2, 0.25) is 0 Å². The predicted octanol–water partition coefficient (Wildman–Crippen LogP) is 1.74. The number of rotatable bonds is 9. The summed E-state index contributed by atoms with van der Waals surface area (Å²) in [5.74, 6) is -1.25. The van der Waals surface area contributed by atoms with Crippen LogP contribution in [0.15, 0.2) is 12.3 Å². The lowest BCUT2D eigenvalue weighted by Crippen LogP contribution is -2.18. The first-order chi connectivity index (χ1) is 7.81. The molecule has 2 atom stereocenters. The minimum Gasteiger partial charge on any atom is -0.495 e. The van der Waals surface area contributed by atoms with Crippen LogP contribution in [0.25, 0.3) is 0 Å². The van der Waals surface area contributed by atoms with E-state index in [1.165, 1.54) is 0 Å². The van der Waals surface area contributed by atoms with Gasteiger partial charge in [-0.15, -0.1) is 0 Å². The van der Waals surface area contributed by atoms with Gasteiger partial charge in [0.1, 0.15) is 5.76 Å². The highest BCUT2D eigenvalue weighted by Crippen LogP contribution is 2.35. The zero-order valence-electron chi connectivity index (χ0n) is 10.3. The topological polar surface area (TPSA) is 78.9 Å². The van der Waals surface area contributed by atoms with Crippen LogP contribution >= 0.6 is 8.03 Å². The minimum absolute atomic E-state index is 0.00890. The van der Waals surface area contributed by atoms with Gasteiger partial charge in [0.25, 0.3) is 10.1 Å². The summed E-state index contributed by atoms with van der Waals surface area (Å²) in [4.78, 5) is 0. The largest absolute Gasteiger partial charge is 0.495 e.